The summed E-state index contributed by atoms with van der Waals surface area (Å²) in [6.07, 6.45) is 3.22. The molecule has 20 heavy (non-hydrogen) atoms. The van der Waals surface area contributed by atoms with Crippen molar-refractivity contribution in [2.45, 2.75) is 46.6 Å². The number of nitrogens with zero attached hydrogens (tertiary/aromatic N) is 1. The van der Waals surface area contributed by atoms with E-state index in [1.807, 2.05) is 30.7 Å². The molecule has 0 spiro atoms. The molecule has 0 saturated carbocycles. The average Bonchev–Trinajstić information content (AvgIpc) is 2.71. The van der Waals surface area contributed by atoms with Gasteiger partial charge in [-0.1, -0.05) is 27.7 Å². The van der Waals surface area contributed by atoms with Gasteiger partial charge in [0, 0.05) is 23.9 Å². The molecule has 1 unspecified atom stereocenters. The van der Waals surface area contributed by atoms with Gasteiger partial charge in [0.05, 0.1) is 7.11 Å². The van der Waals surface area contributed by atoms with E-state index >= 15 is 0 Å². The summed E-state index contributed by atoms with van der Waals surface area (Å²) in [6.45, 7) is 8.16. The molecule has 0 aliphatic heterocycles. The van der Waals surface area contributed by atoms with Gasteiger partial charge in [-0.05, 0) is 23.8 Å². The number of carbonyl (C=O) groups is 2. The van der Waals surface area contributed by atoms with Crippen LogP contribution in [0.4, 0.5) is 0 Å². The van der Waals surface area contributed by atoms with Gasteiger partial charge in [0.25, 0.3) is 0 Å². The van der Waals surface area contributed by atoms with Crippen LogP contribution in [0.3, 0.4) is 0 Å². The predicted molar refractivity (Wildman–Crippen MR) is 76.8 cm³/mol. The normalized spacial score (nSPS) is 18.8. The maximum absolute atomic E-state index is 12.2. The standard InChI is InChI=1S/C16H23NO3/c1-10(2)14(15(19)20-5)17-7-6-11-12(17)8-16(3,4)9-13(11)18/h6-7,10,14H,8-9H2,1-5H3. The minimum absolute atomic E-state index is 0.0577. The fourth-order valence-corrected chi connectivity index (χ4v) is 3.05. The number of fused-ring (bicyclic) bond motifs is 1. The van der Waals surface area contributed by atoms with E-state index in [0.29, 0.717) is 6.42 Å². The van der Waals surface area contributed by atoms with Gasteiger partial charge in [-0.3, -0.25) is 4.79 Å². The molecule has 0 fully saturated rings. The van der Waals surface area contributed by atoms with Gasteiger partial charge < -0.3 is 9.30 Å². The van der Waals surface area contributed by atoms with Crippen LogP contribution in [0.2, 0.25) is 0 Å². The molecule has 1 aliphatic carbocycles. The van der Waals surface area contributed by atoms with Crippen LogP contribution in [0, 0.1) is 11.3 Å². The minimum Gasteiger partial charge on any atom is -0.467 e. The summed E-state index contributed by atoms with van der Waals surface area (Å²) < 4.78 is 6.86. The highest BCUT2D eigenvalue weighted by Crippen LogP contribution is 2.37. The third-order valence-corrected chi connectivity index (χ3v) is 3.98. The maximum atomic E-state index is 12.2. The van der Waals surface area contributed by atoms with Crippen molar-refractivity contribution in [2.75, 3.05) is 7.11 Å². The summed E-state index contributed by atoms with van der Waals surface area (Å²) in [5, 5.41) is 0. The van der Waals surface area contributed by atoms with Crippen molar-refractivity contribution in [1.29, 1.82) is 0 Å². The van der Waals surface area contributed by atoms with E-state index in [0.717, 1.165) is 17.7 Å². The largest absolute Gasteiger partial charge is 0.467 e. The molecule has 1 aromatic heterocycles. The van der Waals surface area contributed by atoms with Crippen molar-refractivity contribution in [3.63, 3.8) is 0 Å². The molecule has 1 heterocycles. The Kier molecular flexibility index (Phi) is 3.76. The summed E-state index contributed by atoms with van der Waals surface area (Å²) in [4.78, 5) is 24.3. The van der Waals surface area contributed by atoms with Crippen LogP contribution in [0.15, 0.2) is 12.3 Å². The monoisotopic (exact) mass is 277 g/mol. The Bertz CT molecular complexity index is 540. The molecule has 0 saturated heterocycles. The van der Waals surface area contributed by atoms with E-state index in [1.54, 1.807) is 0 Å². The van der Waals surface area contributed by atoms with Gasteiger partial charge in [-0.2, -0.15) is 0 Å². The number of aromatic nitrogens is 1. The Hall–Kier alpha value is -1.58. The first-order valence-electron chi connectivity index (χ1n) is 7.07. The van der Waals surface area contributed by atoms with Crippen molar-refractivity contribution >= 4 is 11.8 Å². The summed E-state index contributed by atoms with van der Waals surface area (Å²) >= 11 is 0. The second-order valence-corrected chi connectivity index (χ2v) is 6.74. The summed E-state index contributed by atoms with van der Waals surface area (Å²) in [5.41, 5.74) is 1.67. The number of hydrogen-bond donors (Lipinski definition) is 0. The zero-order valence-electron chi connectivity index (χ0n) is 12.9. The quantitative estimate of drug-likeness (QED) is 0.798. The molecule has 110 valence electrons. The zero-order chi connectivity index (χ0) is 15.1. The number of hydrogen-bond acceptors (Lipinski definition) is 3. The van der Waals surface area contributed by atoms with Crippen LogP contribution < -0.4 is 0 Å². The molecule has 4 nitrogen and oxygen atoms in total. The number of rotatable bonds is 3. The van der Waals surface area contributed by atoms with Crippen molar-refractivity contribution in [2.24, 2.45) is 11.3 Å². The Balaban J connectivity index is 2.49. The first-order chi connectivity index (χ1) is 9.26. The Labute approximate surface area is 120 Å². The van der Waals surface area contributed by atoms with Crippen LogP contribution in [0.25, 0.3) is 0 Å². The van der Waals surface area contributed by atoms with Crippen molar-refractivity contribution in [1.82, 2.24) is 4.57 Å². The molecule has 4 heteroatoms. The van der Waals surface area contributed by atoms with Gasteiger partial charge in [0.15, 0.2) is 5.78 Å². The van der Waals surface area contributed by atoms with E-state index in [2.05, 4.69) is 13.8 Å². The lowest BCUT2D eigenvalue weighted by Crippen LogP contribution is -2.32. The molecule has 0 bridgehead atoms. The van der Waals surface area contributed by atoms with E-state index < -0.39 is 0 Å². The Morgan fingerprint density at radius 1 is 1.35 bits per heavy atom. The third-order valence-electron chi connectivity index (χ3n) is 3.98. The van der Waals surface area contributed by atoms with Gasteiger partial charge in [-0.15, -0.1) is 0 Å². The highest BCUT2D eigenvalue weighted by molar-refractivity contribution is 5.99. The second kappa shape index (κ2) is 5.08. The molecule has 1 aliphatic rings. The number of methoxy groups -OCH3 is 1. The molecule has 0 radical (unpaired) electrons. The van der Waals surface area contributed by atoms with E-state index in [9.17, 15) is 9.59 Å². The highest BCUT2D eigenvalue weighted by Gasteiger charge is 2.36. The SMILES string of the molecule is COC(=O)C(C(C)C)n1ccc2c1CC(C)(C)CC2=O. The zero-order valence-corrected chi connectivity index (χ0v) is 12.9. The first kappa shape index (κ1) is 14.8. The fraction of sp³-hybridized carbons (Fsp3) is 0.625. The smallest absolute Gasteiger partial charge is 0.329 e. The van der Waals surface area contributed by atoms with Crippen LogP contribution >= 0.6 is 0 Å². The maximum Gasteiger partial charge on any atom is 0.329 e. The highest BCUT2D eigenvalue weighted by atomic mass is 16.5. The average molecular weight is 277 g/mol. The number of carbonyl (C=O) groups excluding carboxylic acids is 2. The van der Waals surface area contributed by atoms with Crippen LogP contribution in [-0.2, 0) is 16.0 Å². The molecule has 1 aromatic rings. The van der Waals surface area contributed by atoms with Gasteiger partial charge in [0.2, 0.25) is 0 Å². The molecule has 0 N–H and O–H groups in total. The lowest BCUT2D eigenvalue weighted by atomic mass is 9.76. The number of Topliss-reactive ketones (excluding diaryl/α,β-unsaturated/α-hetero) is 1. The van der Waals surface area contributed by atoms with Crippen LogP contribution in [0.1, 0.15) is 56.2 Å². The van der Waals surface area contributed by atoms with E-state index in [1.165, 1.54) is 7.11 Å². The molecule has 2 rings (SSSR count). The predicted octanol–water partition coefficient (Wildman–Crippen LogP) is 3.01. The van der Waals surface area contributed by atoms with Crippen molar-refractivity contribution in [3.05, 3.63) is 23.5 Å². The second-order valence-electron chi connectivity index (χ2n) is 6.74. The first-order valence-corrected chi connectivity index (χ1v) is 7.07. The van der Waals surface area contributed by atoms with Crippen molar-refractivity contribution in [3.8, 4) is 0 Å². The van der Waals surface area contributed by atoms with Gasteiger partial charge in [0.1, 0.15) is 6.04 Å². The molecular formula is C16H23NO3. The lowest BCUT2D eigenvalue weighted by molar-refractivity contribution is -0.146. The lowest BCUT2D eigenvalue weighted by Gasteiger charge is -2.32. The van der Waals surface area contributed by atoms with E-state index in [4.69, 9.17) is 4.74 Å². The van der Waals surface area contributed by atoms with Gasteiger partial charge in [-0.25, -0.2) is 4.79 Å². The summed E-state index contributed by atoms with van der Waals surface area (Å²) in [6, 6.07) is 1.47. The fourth-order valence-electron chi connectivity index (χ4n) is 3.05. The van der Waals surface area contributed by atoms with Crippen molar-refractivity contribution < 1.29 is 14.3 Å². The molecule has 0 aromatic carbocycles. The Morgan fingerprint density at radius 2 is 2.00 bits per heavy atom. The summed E-state index contributed by atoms with van der Waals surface area (Å²) in [5.74, 6) is 0.0238. The van der Waals surface area contributed by atoms with Crippen LogP contribution in [0.5, 0.6) is 0 Å². The third kappa shape index (κ3) is 2.51. The molecule has 1 atom stereocenters. The minimum atomic E-state index is -0.370. The topological polar surface area (TPSA) is 48.3 Å². The Morgan fingerprint density at radius 3 is 2.55 bits per heavy atom. The number of ether oxygens (including phenoxy) is 1. The van der Waals surface area contributed by atoms with Crippen LogP contribution in [-0.4, -0.2) is 23.4 Å². The summed E-state index contributed by atoms with van der Waals surface area (Å²) in [7, 11) is 1.41. The molecule has 0 amide bonds. The van der Waals surface area contributed by atoms with E-state index in [-0.39, 0.29) is 29.1 Å². The number of esters is 1. The molecular weight excluding hydrogens is 254 g/mol. The number of ketones is 1. The van der Waals surface area contributed by atoms with Gasteiger partial charge >= 0.3 is 5.97 Å².